The van der Waals surface area contributed by atoms with Crippen LogP contribution in [0.4, 0.5) is 21.7 Å². The number of morpholine rings is 1. The molecule has 4 aromatic rings. The molecule has 202 valence electrons. The fraction of sp³-hybridized carbons (Fsp3) is 0.286. The van der Waals surface area contributed by atoms with Crippen LogP contribution in [0.25, 0.3) is 22.0 Å². The molecule has 5 rings (SSSR count). The van der Waals surface area contributed by atoms with E-state index in [-0.39, 0.29) is 17.4 Å². The predicted octanol–water partition coefficient (Wildman–Crippen LogP) is 3.23. The summed E-state index contributed by atoms with van der Waals surface area (Å²) in [7, 11) is 0. The molecule has 3 heterocycles. The van der Waals surface area contributed by atoms with Crippen LogP contribution in [0.15, 0.2) is 54.9 Å². The van der Waals surface area contributed by atoms with Crippen LogP contribution in [0.2, 0.25) is 0 Å². The average Bonchev–Trinajstić information content (AvgIpc) is 2.95. The van der Waals surface area contributed by atoms with Gasteiger partial charge >= 0.3 is 0 Å². The molecule has 2 aromatic carbocycles. The molecule has 2 aromatic heterocycles. The second-order valence-corrected chi connectivity index (χ2v) is 9.37. The molecule has 0 aliphatic carbocycles. The number of rotatable bonds is 8. The largest absolute Gasteiger partial charge is 0.393 e. The van der Waals surface area contributed by atoms with Crippen molar-refractivity contribution in [3.8, 4) is 11.1 Å². The molecule has 39 heavy (non-hydrogen) atoms. The number of ether oxygens (including phenoxy) is 1. The van der Waals surface area contributed by atoms with Gasteiger partial charge in [0.25, 0.3) is 5.91 Å². The van der Waals surface area contributed by atoms with Crippen molar-refractivity contribution < 1.29 is 13.9 Å². The Morgan fingerprint density at radius 1 is 1.13 bits per heavy atom. The van der Waals surface area contributed by atoms with Gasteiger partial charge in [0.1, 0.15) is 17.8 Å². The summed E-state index contributed by atoms with van der Waals surface area (Å²) in [6, 6.07) is 13.3. The SMILES string of the molecule is CC(Nc1ncnc(N)c1N)c1nc2ccc(F)cc2c(C(=O)NCCN2CCOCC2)c1-c1ccccc1. The van der Waals surface area contributed by atoms with E-state index in [2.05, 4.69) is 25.5 Å². The van der Waals surface area contributed by atoms with Gasteiger partial charge in [-0.05, 0) is 30.7 Å². The number of carbonyl (C=O) groups excluding carboxylic acids is 1. The second-order valence-electron chi connectivity index (χ2n) is 9.37. The number of anilines is 3. The summed E-state index contributed by atoms with van der Waals surface area (Å²) in [6.45, 7) is 6.01. The van der Waals surface area contributed by atoms with E-state index in [1.165, 1.54) is 18.5 Å². The zero-order chi connectivity index (χ0) is 27.4. The van der Waals surface area contributed by atoms with Crippen LogP contribution in [0.3, 0.4) is 0 Å². The number of fused-ring (bicyclic) bond motifs is 1. The maximum Gasteiger partial charge on any atom is 0.252 e. The number of nitrogen functional groups attached to an aromatic ring is 2. The molecular formula is C28H31FN8O2. The molecule has 1 atom stereocenters. The Morgan fingerprint density at radius 2 is 1.90 bits per heavy atom. The van der Waals surface area contributed by atoms with Gasteiger partial charge in [-0.1, -0.05) is 30.3 Å². The summed E-state index contributed by atoms with van der Waals surface area (Å²) >= 11 is 0. The number of benzene rings is 2. The first-order valence-electron chi connectivity index (χ1n) is 12.8. The number of amides is 1. The van der Waals surface area contributed by atoms with E-state index in [0.29, 0.717) is 59.8 Å². The van der Waals surface area contributed by atoms with Crippen LogP contribution in [-0.2, 0) is 4.74 Å². The highest BCUT2D eigenvalue weighted by Crippen LogP contribution is 2.37. The number of halogens is 1. The fourth-order valence-electron chi connectivity index (χ4n) is 4.74. The number of nitrogens with two attached hydrogens (primary N) is 2. The van der Waals surface area contributed by atoms with Crippen LogP contribution >= 0.6 is 0 Å². The first-order chi connectivity index (χ1) is 18.9. The van der Waals surface area contributed by atoms with Crippen LogP contribution in [0.1, 0.15) is 29.0 Å². The third kappa shape index (κ3) is 5.74. The summed E-state index contributed by atoms with van der Waals surface area (Å²) in [4.78, 5) is 29.1. The van der Waals surface area contributed by atoms with Gasteiger partial charge in [0.05, 0.1) is 36.0 Å². The fourth-order valence-corrected chi connectivity index (χ4v) is 4.74. The van der Waals surface area contributed by atoms with Crippen LogP contribution < -0.4 is 22.1 Å². The van der Waals surface area contributed by atoms with E-state index in [0.717, 1.165) is 18.7 Å². The van der Waals surface area contributed by atoms with E-state index >= 15 is 0 Å². The quantitative estimate of drug-likeness (QED) is 0.270. The summed E-state index contributed by atoms with van der Waals surface area (Å²) < 4.78 is 19.9. The van der Waals surface area contributed by atoms with Crippen molar-refractivity contribution in [2.45, 2.75) is 13.0 Å². The monoisotopic (exact) mass is 530 g/mol. The van der Waals surface area contributed by atoms with E-state index < -0.39 is 11.9 Å². The van der Waals surface area contributed by atoms with Crippen molar-refractivity contribution in [1.82, 2.24) is 25.2 Å². The third-order valence-corrected chi connectivity index (χ3v) is 6.76. The van der Waals surface area contributed by atoms with Gasteiger partial charge < -0.3 is 26.8 Å². The number of hydrogen-bond acceptors (Lipinski definition) is 9. The number of nitrogens with one attached hydrogen (secondary N) is 2. The molecule has 1 saturated heterocycles. The lowest BCUT2D eigenvalue weighted by molar-refractivity contribution is 0.0383. The highest BCUT2D eigenvalue weighted by Gasteiger charge is 2.26. The molecule has 0 bridgehead atoms. The normalized spacial score (nSPS) is 14.7. The summed E-state index contributed by atoms with van der Waals surface area (Å²) in [5.74, 6) is -0.245. The maximum absolute atomic E-state index is 14.5. The van der Waals surface area contributed by atoms with Gasteiger partial charge in [-0.25, -0.2) is 19.3 Å². The Morgan fingerprint density at radius 3 is 2.67 bits per heavy atom. The maximum atomic E-state index is 14.5. The molecule has 0 saturated carbocycles. The minimum atomic E-state index is -0.453. The number of carbonyl (C=O) groups is 1. The van der Waals surface area contributed by atoms with Crippen molar-refractivity contribution in [3.05, 3.63) is 71.9 Å². The number of aromatic nitrogens is 3. The van der Waals surface area contributed by atoms with Gasteiger partial charge in [-0.2, -0.15) is 0 Å². The number of pyridine rings is 1. The lowest BCUT2D eigenvalue weighted by Crippen LogP contribution is -2.41. The Bertz CT molecular complexity index is 1480. The van der Waals surface area contributed by atoms with E-state index in [4.69, 9.17) is 21.2 Å². The van der Waals surface area contributed by atoms with Crippen molar-refractivity contribution in [1.29, 1.82) is 0 Å². The van der Waals surface area contributed by atoms with Crippen LogP contribution in [0.5, 0.6) is 0 Å². The lowest BCUT2D eigenvalue weighted by atomic mass is 9.91. The second kappa shape index (κ2) is 11.6. The molecule has 0 radical (unpaired) electrons. The third-order valence-electron chi connectivity index (χ3n) is 6.76. The summed E-state index contributed by atoms with van der Waals surface area (Å²) in [6.07, 6.45) is 1.32. The minimum absolute atomic E-state index is 0.158. The van der Waals surface area contributed by atoms with Gasteiger partial charge in [-0.3, -0.25) is 9.69 Å². The van der Waals surface area contributed by atoms with E-state index in [1.54, 1.807) is 6.07 Å². The number of hydrogen-bond donors (Lipinski definition) is 4. The zero-order valence-electron chi connectivity index (χ0n) is 21.7. The predicted molar refractivity (Wildman–Crippen MR) is 150 cm³/mol. The Balaban J connectivity index is 1.59. The van der Waals surface area contributed by atoms with E-state index in [9.17, 15) is 9.18 Å². The highest BCUT2D eigenvalue weighted by molar-refractivity contribution is 6.12. The van der Waals surface area contributed by atoms with Crippen molar-refractivity contribution in [2.24, 2.45) is 0 Å². The summed E-state index contributed by atoms with van der Waals surface area (Å²) in [5, 5.41) is 6.74. The molecule has 1 aliphatic rings. The minimum Gasteiger partial charge on any atom is -0.393 e. The van der Waals surface area contributed by atoms with Gasteiger partial charge in [-0.15, -0.1) is 0 Å². The molecule has 10 nitrogen and oxygen atoms in total. The first kappa shape index (κ1) is 26.3. The Labute approximate surface area is 225 Å². The molecular weight excluding hydrogens is 499 g/mol. The van der Waals surface area contributed by atoms with Crippen molar-refractivity contribution >= 4 is 34.1 Å². The molecule has 6 N–H and O–H groups in total. The standard InChI is InChI=1S/C28H31FN8O2/c1-17(35-27-24(30)26(31)33-16-34-27)25-22(18-5-3-2-4-6-18)23(20-15-19(29)7-8-21(20)36-25)28(38)32-9-10-37-11-13-39-14-12-37/h2-8,15-17H,9-14,30H2,1H3,(H,32,38)(H3,31,33,34,35). The van der Waals surface area contributed by atoms with Gasteiger partial charge in [0.15, 0.2) is 11.6 Å². The topological polar surface area (TPSA) is 144 Å². The molecule has 1 aliphatic heterocycles. The molecule has 1 fully saturated rings. The smallest absolute Gasteiger partial charge is 0.252 e. The van der Waals surface area contributed by atoms with Crippen LogP contribution in [0, 0.1) is 5.82 Å². The molecule has 1 amide bonds. The average molecular weight is 531 g/mol. The van der Waals surface area contributed by atoms with Crippen LogP contribution in [-0.4, -0.2) is 65.2 Å². The zero-order valence-corrected chi connectivity index (χ0v) is 21.7. The number of nitrogens with zero attached hydrogens (tertiary/aromatic N) is 4. The van der Waals surface area contributed by atoms with Crippen molar-refractivity contribution in [2.75, 3.05) is 56.2 Å². The molecule has 0 spiro atoms. The van der Waals surface area contributed by atoms with Crippen molar-refractivity contribution in [3.63, 3.8) is 0 Å². The molecule has 11 heteroatoms. The first-order valence-corrected chi connectivity index (χ1v) is 12.8. The Kier molecular flexibility index (Phi) is 7.80. The lowest BCUT2D eigenvalue weighted by Gasteiger charge is -2.26. The van der Waals surface area contributed by atoms with Gasteiger partial charge in [0.2, 0.25) is 0 Å². The Hall–Kier alpha value is -4.35. The van der Waals surface area contributed by atoms with Gasteiger partial charge in [0, 0.05) is 37.1 Å². The molecule has 1 unspecified atom stereocenters. The highest BCUT2D eigenvalue weighted by atomic mass is 19.1. The summed E-state index contributed by atoms with van der Waals surface area (Å²) in [5.41, 5.74) is 15.0. The van der Waals surface area contributed by atoms with E-state index in [1.807, 2.05) is 37.3 Å².